The third-order valence-corrected chi connectivity index (χ3v) is 16.5. The van der Waals surface area contributed by atoms with Crippen LogP contribution < -0.4 is 0 Å². The molecule has 0 amide bonds. The van der Waals surface area contributed by atoms with Gasteiger partial charge < -0.3 is 17.1 Å². The SMILES string of the molecule is C[Si](C)(O)O[Si](C)(C)O[Si](C)(C)O[Si](C)(C)CCl. The molecule has 9 heteroatoms. The summed E-state index contributed by atoms with van der Waals surface area (Å²) in [6.45, 7) is 15.6. The van der Waals surface area contributed by atoms with Gasteiger partial charge in [0.15, 0.2) is 8.32 Å². The Kier molecular flexibility index (Phi) is 6.53. The molecule has 0 radical (unpaired) electrons. The Hall–Kier alpha value is 0.998. The molecule has 110 valence electrons. The molecular weight excluding hydrogens is 320 g/mol. The number of hydrogen-bond acceptors (Lipinski definition) is 4. The zero-order valence-electron chi connectivity index (χ0n) is 12.8. The minimum Gasteiger partial charge on any atom is -0.435 e. The van der Waals surface area contributed by atoms with Crippen LogP contribution in [0.25, 0.3) is 0 Å². The van der Waals surface area contributed by atoms with Crippen LogP contribution >= 0.6 is 11.6 Å². The summed E-state index contributed by atoms with van der Waals surface area (Å²) in [4.78, 5) is 9.86. The molecule has 0 aliphatic heterocycles. The highest BCUT2D eigenvalue weighted by molar-refractivity contribution is 6.90. The third kappa shape index (κ3) is 8.99. The van der Waals surface area contributed by atoms with Gasteiger partial charge >= 0.3 is 25.7 Å². The first kappa shape index (κ1) is 19.0. The highest BCUT2D eigenvalue weighted by Gasteiger charge is 2.42. The molecule has 0 rings (SSSR count). The Labute approximate surface area is 120 Å². The summed E-state index contributed by atoms with van der Waals surface area (Å²) in [6, 6.07) is 0. The Morgan fingerprint density at radius 3 is 1.50 bits per heavy atom. The average molecular weight is 347 g/mol. The van der Waals surface area contributed by atoms with Gasteiger partial charge in [-0.3, -0.25) is 0 Å². The molecule has 0 aromatic carbocycles. The molecule has 4 nitrogen and oxygen atoms in total. The number of halogens is 1. The molecule has 0 aliphatic rings. The first-order valence-electron chi connectivity index (χ1n) is 6.07. The maximum absolute atomic E-state index is 9.86. The second kappa shape index (κ2) is 6.18. The topological polar surface area (TPSA) is 47.9 Å². The largest absolute Gasteiger partial charge is 0.435 e. The van der Waals surface area contributed by atoms with Crippen molar-refractivity contribution in [1.29, 1.82) is 0 Å². The molecular formula is C9H27ClO4Si4. The molecule has 0 fully saturated rings. The maximum atomic E-state index is 9.86. The number of alkyl halides is 1. The molecule has 1 N–H and O–H groups in total. The van der Waals surface area contributed by atoms with E-state index in [0.717, 1.165) is 0 Å². The zero-order chi connectivity index (χ0) is 14.8. The van der Waals surface area contributed by atoms with Crippen LogP contribution in [0, 0.1) is 0 Å². The van der Waals surface area contributed by atoms with Crippen LogP contribution in [0.4, 0.5) is 0 Å². The second-order valence-electron chi connectivity index (χ2n) is 6.45. The normalized spacial score (nSPS) is 15.0. The molecule has 18 heavy (non-hydrogen) atoms. The van der Waals surface area contributed by atoms with Gasteiger partial charge in [0, 0.05) is 5.50 Å². The maximum Gasteiger partial charge on any atom is 0.320 e. The Bertz CT molecular complexity index is 278. The van der Waals surface area contributed by atoms with E-state index in [9.17, 15) is 4.80 Å². The van der Waals surface area contributed by atoms with Crippen molar-refractivity contribution in [2.45, 2.75) is 52.4 Å². The minimum atomic E-state index is -2.57. The standard InChI is InChI=1S/C9H27ClO4Si4/c1-15(2,9-10)12-17(5,6)14-18(7,8)13-16(3,4)11/h11H,9H2,1-8H3. The van der Waals surface area contributed by atoms with E-state index < -0.39 is 34.0 Å². The summed E-state index contributed by atoms with van der Waals surface area (Å²) in [7, 11) is -9.05. The predicted molar refractivity (Wildman–Crippen MR) is 86.1 cm³/mol. The fraction of sp³-hybridized carbons (Fsp3) is 1.00. The Balaban J connectivity index is 4.66. The highest BCUT2D eigenvalue weighted by atomic mass is 35.5. The van der Waals surface area contributed by atoms with Crippen molar-refractivity contribution in [3.05, 3.63) is 0 Å². The van der Waals surface area contributed by atoms with Crippen molar-refractivity contribution in [1.82, 2.24) is 0 Å². The molecule has 0 aromatic rings. The van der Waals surface area contributed by atoms with E-state index in [4.69, 9.17) is 23.9 Å². The summed E-state index contributed by atoms with van der Waals surface area (Å²) < 4.78 is 18.0. The van der Waals surface area contributed by atoms with Gasteiger partial charge in [-0.05, 0) is 52.4 Å². The van der Waals surface area contributed by atoms with Crippen LogP contribution in [-0.4, -0.2) is 44.3 Å². The van der Waals surface area contributed by atoms with E-state index in [0.29, 0.717) is 5.50 Å². The molecule has 0 unspecified atom stereocenters. The number of rotatable bonds is 7. The van der Waals surface area contributed by atoms with E-state index in [-0.39, 0.29) is 0 Å². The van der Waals surface area contributed by atoms with Gasteiger partial charge in [-0.25, -0.2) is 0 Å². The summed E-state index contributed by atoms with van der Waals surface area (Å²) >= 11 is 5.93. The monoisotopic (exact) mass is 346 g/mol. The third-order valence-electron chi connectivity index (χ3n) is 1.83. The summed E-state index contributed by atoms with van der Waals surface area (Å²) in [5, 5.41) is 0. The first-order chi connectivity index (χ1) is 7.68. The number of hydrogen-bond donors (Lipinski definition) is 1. The fourth-order valence-corrected chi connectivity index (χ4v) is 18.6. The molecule has 0 aromatic heterocycles. The predicted octanol–water partition coefficient (Wildman–Crippen LogP) is 3.12. The average Bonchev–Trinajstić information content (AvgIpc) is 1.93. The lowest BCUT2D eigenvalue weighted by molar-refractivity contribution is 0.296. The van der Waals surface area contributed by atoms with Gasteiger partial charge in [0.2, 0.25) is 0 Å². The van der Waals surface area contributed by atoms with Gasteiger partial charge in [-0.15, -0.1) is 11.6 Å². The van der Waals surface area contributed by atoms with Crippen LogP contribution in [0.5, 0.6) is 0 Å². The van der Waals surface area contributed by atoms with E-state index in [1.54, 1.807) is 13.1 Å². The van der Waals surface area contributed by atoms with Crippen LogP contribution in [0.3, 0.4) is 0 Å². The van der Waals surface area contributed by atoms with E-state index >= 15 is 0 Å². The van der Waals surface area contributed by atoms with Crippen LogP contribution in [0.2, 0.25) is 52.4 Å². The highest BCUT2D eigenvalue weighted by Crippen LogP contribution is 2.23. The summed E-state index contributed by atoms with van der Waals surface area (Å²) in [5.74, 6) is 0. The molecule has 0 atom stereocenters. The molecule has 0 heterocycles. The van der Waals surface area contributed by atoms with Crippen molar-refractivity contribution >= 4 is 45.6 Å². The van der Waals surface area contributed by atoms with Crippen molar-refractivity contribution < 1.29 is 17.1 Å². The molecule has 0 aliphatic carbocycles. The minimum absolute atomic E-state index is 0.551. The van der Waals surface area contributed by atoms with Crippen LogP contribution in [0.15, 0.2) is 0 Å². The van der Waals surface area contributed by atoms with Crippen molar-refractivity contribution in [3.63, 3.8) is 0 Å². The fourth-order valence-electron chi connectivity index (χ4n) is 1.93. The lowest BCUT2D eigenvalue weighted by Gasteiger charge is -2.39. The quantitative estimate of drug-likeness (QED) is 0.568. The summed E-state index contributed by atoms with van der Waals surface area (Å²) in [5.41, 5.74) is 0.551. The van der Waals surface area contributed by atoms with Crippen molar-refractivity contribution in [2.24, 2.45) is 0 Å². The Morgan fingerprint density at radius 2 is 1.17 bits per heavy atom. The molecule has 0 spiro atoms. The molecule has 0 saturated heterocycles. The lowest BCUT2D eigenvalue weighted by atomic mass is 11.8. The van der Waals surface area contributed by atoms with E-state index in [2.05, 4.69) is 13.1 Å². The molecule has 0 saturated carbocycles. The zero-order valence-corrected chi connectivity index (χ0v) is 17.5. The van der Waals surface area contributed by atoms with Crippen molar-refractivity contribution in [3.8, 4) is 0 Å². The van der Waals surface area contributed by atoms with Gasteiger partial charge in [0.05, 0.1) is 0 Å². The van der Waals surface area contributed by atoms with Gasteiger partial charge in [0.25, 0.3) is 0 Å². The van der Waals surface area contributed by atoms with Gasteiger partial charge in [-0.1, -0.05) is 0 Å². The van der Waals surface area contributed by atoms with Gasteiger partial charge in [0.1, 0.15) is 0 Å². The van der Waals surface area contributed by atoms with Gasteiger partial charge in [-0.2, -0.15) is 0 Å². The van der Waals surface area contributed by atoms with E-state index in [1.165, 1.54) is 0 Å². The second-order valence-corrected chi connectivity index (χ2v) is 22.0. The van der Waals surface area contributed by atoms with Crippen LogP contribution in [0.1, 0.15) is 0 Å². The molecule has 0 bridgehead atoms. The Morgan fingerprint density at radius 1 is 0.778 bits per heavy atom. The summed E-state index contributed by atoms with van der Waals surface area (Å²) in [6.07, 6.45) is 0. The van der Waals surface area contributed by atoms with Crippen LogP contribution in [-0.2, 0) is 12.3 Å². The van der Waals surface area contributed by atoms with E-state index in [1.807, 2.05) is 26.2 Å². The van der Waals surface area contributed by atoms with Crippen molar-refractivity contribution in [2.75, 3.05) is 5.50 Å². The lowest BCUT2D eigenvalue weighted by Crippen LogP contribution is -2.56. The first-order valence-corrected chi connectivity index (χ1v) is 18.2. The smallest absolute Gasteiger partial charge is 0.320 e.